The molecule has 0 radical (unpaired) electrons. The van der Waals surface area contributed by atoms with Gasteiger partial charge < -0.3 is 4.85 Å². The molecule has 2 nitrogen and oxygen atoms in total. The lowest BCUT2D eigenvalue weighted by molar-refractivity contribution is 0.988. The van der Waals surface area contributed by atoms with E-state index in [2.05, 4.69) is 9.69 Å². The van der Waals surface area contributed by atoms with Crippen LogP contribution in [0.3, 0.4) is 0 Å². The Labute approximate surface area is 114 Å². The monoisotopic (exact) mass is 246 g/mol. The summed E-state index contributed by atoms with van der Waals surface area (Å²) < 4.78 is 0. The van der Waals surface area contributed by atoms with Crippen molar-refractivity contribution in [1.82, 2.24) is 0 Å². The Morgan fingerprint density at radius 2 is 1.53 bits per heavy atom. The summed E-state index contributed by atoms with van der Waals surface area (Å²) in [5.41, 5.74) is 4.58. The third-order valence-corrected chi connectivity index (χ3v) is 3.30. The van der Waals surface area contributed by atoms with E-state index < -0.39 is 6.04 Å². The van der Waals surface area contributed by atoms with Crippen LogP contribution in [0.1, 0.15) is 28.3 Å². The lowest BCUT2D eigenvalue weighted by Crippen LogP contribution is -2.01. The molecule has 0 fully saturated rings. The lowest BCUT2D eigenvalue weighted by Gasteiger charge is -2.13. The molecule has 2 rings (SSSR count). The number of rotatable bonds is 2. The minimum atomic E-state index is -0.397. The van der Waals surface area contributed by atoms with Gasteiger partial charge in [0.25, 0.3) is 6.04 Å². The van der Waals surface area contributed by atoms with Crippen molar-refractivity contribution in [1.29, 1.82) is 0 Å². The van der Waals surface area contributed by atoms with E-state index in [1.54, 1.807) is 6.07 Å². The molecule has 1 atom stereocenters. The Morgan fingerprint density at radius 1 is 0.895 bits per heavy atom. The standard InChI is InChI=1S/C17H14N2/c1-12-8-7-9-13(2)16(12)17(19-4)14-10-5-6-11-15(14)18-3/h5-11,17H,1-2H3. The summed E-state index contributed by atoms with van der Waals surface area (Å²) >= 11 is 0. The van der Waals surface area contributed by atoms with E-state index >= 15 is 0 Å². The first-order chi connectivity index (χ1) is 9.19. The van der Waals surface area contributed by atoms with Gasteiger partial charge in [-0.05, 0) is 25.0 Å². The average molecular weight is 246 g/mol. The summed E-state index contributed by atoms with van der Waals surface area (Å²) in [5.74, 6) is 0. The molecule has 0 bridgehead atoms. The van der Waals surface area contributed by atoms with Gasteiger partial charge in [0, 0.05) is 11.1 Å². The van der Waals surface area contributed by atoms with Crippen LogP contribution >= 0.6 is 0 Å². The SMILES string of the molecule is [C-]#[N+]c1ccccc1C([N+]#[C-])c1c(C)cccc1C. The van der Waals surface area contributed by atoms with Gasteiger partial charge in [0.1, 0.15) is 0 Å². The van der Waals surface area contributed by atoms with Crippen LogP contribution in [-0.4, -0.2) is 0 Å². The Morgan fingerprint density at radius 3 is 2.11 bits per heavy atom. The first-order valence-corrected chi connectivity index (χ1v) is 6.08. The third kappa shape index (κ3) is 2.34. The molecular formula is C17H14N2. The molecule has 1 unspecified atom stereocenters. The zero-order valence-corrected chi connectivity index (χ0v) is 11.0. The summed E-state index contributed by atoms with van der Waals surface area (Å²) in [5, 5.41) is 0. The highest BCUT2D eigenvalue weighted by Crippen LogP contribution is 2.36. The molecule has 0 aromatic heterocycles. The van der Waals surface area contributed by atoms with Gasteiger partial charge >= 0.3 is 0 Å². The zero-order valence-electron chi connectivity index (χ0n) is 11.0. The fourth-order valence-corrected chi connectivity index (χ4v) is 2.37. The van der Waals surface area contributed by atoms with E-state index in [0.717, 1.165) is 22.3 Å². The van der Waals surface area contributed by atoms with Crippen LogP contribution in [0.2, 0.25) is 0 Å². The van der Waals surface area contributed by atoms with E-state index in [9.17, 15) is 0 Å². The number of hydrogen-bond donors (Lipinski definition) is 0. The quantitative estimate of drug-likeness (QED) is 0.669. The van der Waals surface area contributed by atoms with Crippen LogP contribution in [0.15, 0.2) is 42.5 Å². The maximum absolute atomic E-state index is 7.52. The predicted molar refractivity (Wildman–Crippen MR) is 77.1 cm³/mol. The molecule has 92 valence electrons. The molecule has 19 heavy (non-hydrogen) atoms. The first kappa shape index (κ1) is 12.9. The van der Waals surface area contributed by atoms with Crippen molar-refractivity contribution >= 4 is 5.69 Å². The minimum absolute atomic E-state index is 0.397. The molecule has 0 saturated heterocycles. The summed E-state index contributed by atoms with van der Waals surface area (Å²) in [6.07, 6.45) is 0. The van der Waals surface area contributed by atoms with Crippen LogP contribution in [-0.2, 0) is 0 Å². The normalized spacial score (nSPS) is 11.4. The molecule has 0 aliphatic carbocycles. The number of nitrogens with zero attached hydrogens (tertiary/aromatic N) is 2. The van der Waals surface area contributed by atoms with E-state index in [1.807, 2.05) is 50.2 Å². The average Bonchev–Trinajstić information content (AvgIpc) is 2.43. The van der Waals surface area contributed by atoms with Gasteiger partial charge in [-0.1, -0.05) is 42.5 Å². The van der Waals surface area contributed by atoms with Crippen molar-refractivity contribution in [2.75, 3.05) is 0 Å². The number of benzene rings is 2. The van der Waals surface area contributed by atoms with Crippen LogP contribution in [0.25, 0.3) is 9.69 Å². The van der Waals surface area contributed by atoms with Crippen LogP contribution < -0.4 is 0 Å². The van der Waals surface area contributed by atoms with E-state index in [1.165, 1.54) is 0 Å². The molecular weight excluding hydrogens is 232 g/mol. The predicted octanol–water partition coefficient (Wildman–Crippen LogP) is 4.86. The molecule has 0 heterocycles. The summed E-state index contributed by atoms with van der Waals surface area (Å²) in [4.78, 5) is 7.30. The molecule has 0 saturated carbocycles. The Bertz CT molecular complexity index is 667. The molecule has 0 N–H and O–H groups in total. The van der Waals surface area contributed by atoms with Crippen molar-refractivity contribution in [2.24, 2.45) is 0 Å². The highest BCUT2D eigenvalue weighted by Gasteiger charge is 2.25. The second kappa shape index (κ2) is 5.38. The number of para-hydroxylation sites is 1. The third-order valence-electron chi connectivity index (χ3n) is 3.30. The summed E-state index contributed by atoms with van der Waals surface area (Å²) in [6.45, 7) is 18.8. The molecule has 2 aromatic rings. The van der Waals surface area contributed by atoms with Crippen molar-refractivity contribution in [2.45, 2.75) is 19.9 Å². The first-order valence-electron chi connectivity index (χ1n) is 6.08. The number of hydrogen-bond acceptors (Lipinski definition) is 0. The van der Waals surface area contributed by atoms with Gasteiger partial charge in [0.2, 0.25) is 0 Å². The van der Waals surface area contributed by atoms with E-state index in [-0.39, 0.29) is 0 Å². The molecule has 2 heteroatoms. The second-order valence-electron chi connectivity index (χ2n) is 4.51. The minimum Gasteiger partial charge on any atom is -0.305 e. The van der Waals surface area contributed by atoms with Gasteiger partial charge in [-0.2, -0.15) is 0 Å². The highest BCUT2D eigenvalue weighted by molar-refractivity contribution is 5.58. The fraction of sp³-hybridized carbons (Fsp3) is 0.176. The highest BCUT2D eigenvalue weighted by atomic mass is 14.7. The van der Waals surface area contributed by atoms with E-state index in [0.29, 0.717) is 5.69 Å². The van der Waals surface area contributed by atoms with Gasteiger partial charge in [0.15, 0.2) is 5.69 Å². The summed E-state index contributed by atoms with van der Waals surface area (Å²) in [7, 11) is 0. The Balaban J connectivity index is 2.65. The van der Waals surface area contributed by atoms with Crippen molar-refractivity contribution in [3.63, 3.8) is 0 Å². The maximum Gasteiger partial charge on any atom is 0.265 e. The molecule has 0 amide bonds. The second-order valence-corrected chi connectivity index (χ2v) is 4.51. The van der Waals surface area contributed by atoms with Gasteiger partial charge in [0.05, 0.1) is 6.57 Å². The molecule has 0 aliphatic heterocycles. The maximum atomic E-state index is 7.52. The van der Waals surface area contributed by atoms with Gasteiger partial charge in [-0.25, -0.2) is 11.4 Å². The van der Waals surface area contributed by atoms with Crippen LogP contribution in [0.5, 0.6) is 0 Å². The fourth-order valence-electron chi connectivity index (χ4n) is 2.37. The van der Waals surface area contributed by atoms with Crippen molar-refractivity contribution in [3.05, 3.63) is 87.6 Å². The topological polar surface area (TPSA) is 8.72 Å². The Kier molecular flexibility index (Phi) is 3.64. The zero-order chi connectivity index (χ0) is 13.8. The van der Waals surface area contributed by atoms with Crippen LogP contribution in [0.4, 0.5) is 5.69 Å². The summed E-state index contributed by atoms with van der Waals surface area (Å²) in [6, 6.07) is 13.0. The molecule has 2 aromatic carbocycles. The van der Waals surface area contributed by atoms with Gasteiger partial charge in [-0.15, -0.1) is 0 Å². The smallest absolute Gasteiger partial charge is 0.265 e. The van der Waals surface area contributed by atoms with Crippen LogP contribution in [0, 0.1) is 27.0 Å². The Hall–Kier alpha value is -2.58. The molecule has 0 aliphatic rings. The van der Waals surface area contributed by atoms with Crippen molar-refractivity contribution in [3.8, 4) is 0 Å². The lowest BCUT2D eigenvalue weighted by atomic mass is 9.91. The van der Waals surface area contributed by atoms with Crippen molar-refractivity contribution < 1.29 is 0 Å². The van der Waals surface area contributed by atoms with Gasteiger partial charge in [-0.3, -0.25) is 0 Å². The van der Waals surface area contributed by atoms with E-state index in [4.69, 9.17) is 13.1 Å². The number of aryl methyl sites for hydroxylation is 2. The largest absolute Gasteiger partial charge is 0.305 e. The molecule has 0 spiro atoms.